The Morgan fingerprint density at radius 1 is 1.43 bits per heavy atom. The van der Waals surface area contributed by atoms with Crippen LogP contribution in [0.2, 0.25) is 0 Å². The molecule has 0 aliphatic rings. The fourth-order valence-electron chi connectivity index (χ4n) is 2.19. The van der Waals surface area contributed by atoms with Crippen molar-refractivity contribution in [2.24, 2.45) is 7.05 Å². The second-order valence-corrected chi connectivity index (χ2v) is 5.03. The molecule has 2 aromatic heterocycles. The average Bonchev–Trinajstić information content (AvgIpc) is 3.10. The molecule has 3 aromatic rings. The molecule has 0 saturated carbocycles. The Hall–Kier alpha value is -3.10. The maximum Gasteiger partial charge on any atom is 0.345 e. The SMILES string of the molecule is COc1ccc2[nH]nc(NC(=O)CCn3ncn(C)c3=O)c2c1. The number of rotatable bonds is 5. The van der Waals surface area contributed by atoms with Gasteiger partial charge in [-0.25, -0.2) is 9.48 Å². The van der Waals surface area contributed by atoms with E-state index in [0.29, 0.717) is 11.6 Å². The number of carbonyl (C=O) groups is 1. The van der Waals surface area contributed by atoms with Gasteiger partial charge in [0, 0.05) is 18.9 Å². The Kier molecular flexibility index (Phi) is 3.83. The van der Waals surface area contributed by atoms with Gasteiger partial charge in [0.15, 0.2) is 5.82 Å². The van der Waals surface area contributed by atoms with Gasteiger partial charge in [0.2, 0.25) is 5.91 Å². The number of nitrogens with one attached hydrogen (secondary N) is 2. The number of methoxy groups -OCH3 is 1. The van der Waals surface area contributed by atoms with Crippen molar-refractivity contribution < 1.29 is 9.53 Å². The van der Waals surface area contributed by atoms with Crippen LogP contribution in [0.25, 0.3) is 10.9 Å². The Balaban J connectivity index is 1.70. The van der Waals surface area contributed by atoms with Gasteiger partial charge >= 0.3 is 5.69 Å². The van der Waals surface area contributed by atoms with E-state index in [-0.39, 0.29) is 24.6 Å². The fourth-order valence-corrected chi connectivity index (χ4v) is 2.19. The molecule has 3 rings (SSSR count). The van der Waals surface area contributed by atoms with Crippen LogP contribution in [0.15, 0.2) is 29.3 Å². The Labute approximate surface area is 130 Å². The number of carbonyl (C=O) groups excluding carboxylic acids is 1. The van der Waals surface area contributed by atoms with Crippen LogP contribution in [0.1, 0.15) is 6.42 Å². The van der Waals surface area contributed by atoms with E-state index in [0.717, 1.165) is 10.9 Å². The fraction of sp³-hybridized carbons (Fsp3) is 0.286. The summed E-state index contributed by atoms with van der Waals surface area (Å²) in [6.07, 6.45) is 1.53. The van der Waals surface area contributed by atoms with Crippen molar-refractivity contribution in [3.05, 3.63) is 35.0 Å². The van der Waals surface area contributed by atoms with Crippen LogP contribution < -0.4 is 15.7 Å². The van der Waals surface area contributed by atoms with E-state index in [4.69, 9.17) is 4.74 Å². The number of anilines is 1. The van der Waals surface area contributed by atoms with Gasteiger partial charge in [0.1, 0.15) is 12.1 Å². The first-order valence-corrected chi connectivity index (χ1v) is 6.99. The first-order chi connectivity index (χ1) is 11.1. The molecular formula is C14H16N6O3. The smallest absolute Gasteiger partial charge is 0.345 e. The highest BCUT2D eigenvalue weighted by molar-refractivity contribution is 5.99. The summed E-state index contributed by atoms with van der Waals surface area (Å²) in [5.41, 5.74) is 0.537. The van der Waals surface area contributed by atoms with E-state index in [2.05, 4.69) is 20.6 Å². The predicted octanol–water partition coefficient (Wildman–Crippen LogP) is 0.495. The molecular weight excluding hydrogens is 300 g/mol. The van der Waals surface area contributed by atoms with E-state index in [1.165, 1.54) is 15.6 Å². The number of benzene rings is 1. The number of ether oxygens (including phenoxy) is 1. The highest BCUT2D eigenvalue weighted by Crippen LogP contribution is 2.25. The van der Waals surface area contributed by atoms with Crippen LogP contribution in [-0.4, -0.2) is 37.6 Å². The molecule has 1 aromatic carbocycles. The third-order valence-corrected chi connectivity index (χ3v) is 3.47. The number of aromatic amines is 1. The van der Waals surface area contributed by atoms with Gasteiger partial charge in [-0.1, -0.05) is 0 Å². The predicted molar refractivity (Wildman–Crippen MR) is 83.4 cm³/mol. The van der Waals surface area contributed by atoms with Crippen LogP contribution in [0.3, 0.4) is 0 Å². The molecule has 0 saturated heterocycles. The second-order valence-electron chi connectivity index (χ2n) is 5.03. The molecule has 9 nitrogen and oxygen atoms in total. The molecule has 2 heterocycles. The normalized spacial score (nSPS) is 10.9. The van der Waals surface area contributed by atoms with Gasteiger partial charge in [0.05, 0.1) is 19.2 Å². The Morgan fingerprint density at radius 2 is 2.26 bits per heavy atom. The van der Waals surface area contributed by atoms with Gasteiger partial charge in [-0.05, 0) is 18.2 Å². The highest BCUT2D eigenvalue weighted by Gasteiger charge is 2.11. The highest BCUT2D eigenvalue weighted by atomic mass is 16.5. The summed E-state index contributed by atoms with van der Waals surface area (Å²) >= 11 is 0. The van der Waals surface area contributed by atoms with Crippen molar-refractivity contribution in [1.29, 1.82) is 0 Å². The molecule has 0 aliphatic carbocycles. The molecule has 0 aliphatic heterocycles. The van der Waals surface area contributed by atoms with Gasteiger partial charge in [-0.15, -0.1) is 0 Å². The van der Waals surface area contributed by atoms with E-state index in [1.54, 1.807) is 26.3 Å². The first kappa shape index (κ1) is 14.8. The monoisotopic (exact) mass is 316 g/mol. The van der Waals surface area contributed by atoms with Crippen molar-refractivity contribution in [3.63, 3.8) is 0 Å². The molecule has 0 bridgehead atoms. The number of amides is 1. The summed E-state index contributed by atoms with van der Waals surface area (Å²) in [5, 5.41) is 14.3. The van der Waals surface area contributed by atoms with Crippen LogP contribution in [0.4, 0.5) is 5.82 Å². The molecule has 2 N–H and O–H groups in total. The van der Waals surface area contributed by atoms with Crippen molar-refractivity contribution in [3.8, 4) is 5.75 Å². The van der Waals surface area contributed by atoms with Gasteiger partial charge in [-0.2, -0.15) is 10.2 Å². The average molecular weight is 316 g/mol. The third-order valence-electron chi connectivity index (χ3n) is 3.47. The Morgan fingerprint density at radius 3 is 2.96 bits per heavy atom. The molecule has 1 amide bonds. The minimum Gasteiger partial charge on any atom is -0.497 e. The van der Waals surface area contributed by atoms with Gasteiger partial charge in [-0.3, -0.25) is 14.5 Å². The third kappa shape index (κ3) is 2.93. The molecule has 0 fully saturated rings. The quantitative estimate of drug-likeness (QED) is 0.712. The van der Waals surface area contributed by atoms with E-state index in [9.17, 15) is 9.59 Å². The molecule has 0 atom stereocenters. The maximum absolute atomic E-state index is 12.1. The lowest BCUT2D eigenvalue weighted by Gasteiger charge is -2.03. The standard InChI is InChI=1S/C14H16N6O3/c1-19-8-15-20(14(19)22)6-5-12(21)16-13-10-7-9(23-2)3-4-11(10)17-18-13/h3-4,7-8H,5-6H2,1-2H3,(H2,16,17,18,21). The van der Waals surface area contributed by atoms with Gasteiger partial charge in [0.25, 0.3) is 0 Å². The summed E-state index contributed by atoms with van der Waals surface area (Å²) < 4.78 is 7.76. The lowest BCUT2D eigenvalue weighted by Crippen LogP contribution is -2.25. The first-order valence-electron chi connectivity index (χ1n) is 6.99. The zero-order chi connectivity index (χ0) is 16.4. The molecule has 0 unspecified atom stereocenters. The number of nitrogens with zero attached hydrogens (tertiary/aromatic N) is 4. The van der Waals surface area contributed by atoms with E-state index >= 15 is 0 Å². The molecule has 120 valence electrons. The van der Waals surface area contributed by atoms with Crippen LogP contribution in [-0.2, 0) is 18.4 Å². The molecule has 23 heavy (non-hydrogen) atoms. The summed E-state index contributed by atoms with van der Waals surface area (Å²) in [4.78, 5) is 23.7. The molecule has 0 radical (unpaired) electrons. The maximum atomic E-state index is 12.1. The summed E-state index contributed by atoms with van der Waals surface area (Å²) in [5.74, 6) is 0.852. The zero-order valence-corrected chi connectivity index (χ0v) is 12.7. The van der Waals surface area contributed by atoms with Crippen molar-refractivity contribution in [2.75, 3.05) is 12.4 Å². The lowest BCUT2D eigenvalue weighted by molar-refractivity contribution is -0.116. The number of aromatic nitrogens is 5. The van der Waals surface area contributed by atoms with Crippen LogP contribution in [0.5, 0.6) is 5.75 Å². The van der Waals surface area contributed by atoms with Crippen LogP contribution in [0, 0.1) is 0 Å². The summed E-state index contributed by atoms with van der Waals surface area (Å²) in [6.45, 7) is 0.206. The number of aryl methyl sites for hydroxylation is 2. The van der Waals surface area contributed by atoms with Crippen molar-refractivity contribution in [2.45, 2.75) is 13.0 Å². The summed E-state index contributed by atoms with van der Waals surface area (Å²) in [7, 11) is 3.18. The van der Waals surface area contributed by atoms with Crippen LogP contribution >= 0.6 is 0 Å². The van der Waals surface area contributed by atoms with Crippen molar-refractivity contribution >= 4 is 22.6 Å². The number of hydrogen-bond donors (Lipinski definition) is 2. The topological polar surface area (TPSA) is 107 Å². The number of H-pyrrole nitrogens is 1. The second kappa shape index (κ2) is 5.95. The minimum atomic E-state index is -0.257. The van der Waals surface area contributed by atoms with Crippen molar-refractivity contribution in [1.82, 2.24) is 24.5 Å². The number of fused-ring (bicyclic) bond motifs is 1. The zero-order valence-electron chi connectivity index (χ0n) is 12.7. The number of hydrogen-bond acceptors (Lipinski definition) is 5. The minimum absolute atomic E-state index is 0.120. The van der Waals surface area contributed by atoms with E-state index < -0.39 is 0 Å². The summed E-state index contributed by atoms with van der Waals surface area (Å²) in [6, 6.07) is 5.42. The molecule has 0 spiro atoms. The van der Waals surface area contributed by atoms with E-state index in [1.807, 2.05) is 6.07 Å². The lowest BCUT2D eigenvalue weighted by atomic mass is 10.2. The molecule has 9 heteroatoms. The largest absolute Gasteiger partial charge is 0.497 e. The Bertz CT molecular complexity index is 907. The van der Waals surface area contributed by atoms with Gasteiger partial charge < -0.3 is 10.1 Å².